The van der Waals surface area contributed by atoms with Gasteiger partial charge < -0.3 is 10.2 Å². The molecule has 0 fully saturated rings. The molecule has 0 aliphatic heterocycles. The molecule has 0 aliphatic carbocycles. The van der Waals surface area contributed by atoms with Gasteiger partial charge in [-0.2, -0.15) is 0 Å². The van der Waals surface area contributed by atoms with E-state index in [-0.39, 0.29) is 11.5 Å². The Morgan fingerprint density at radius 1 is 0.400 bits per heavy atom. The predicted octanol–water partition coefficient (Wildman–Crippen LogP) is 9.69. The number of aliphatic imine (C=N–C) groups is 2. The van der Waals surface area contributed by atoms with Gasteiger partial charge in [0.2, 0.25) is 0 Å². The second-order valence-corrected chi connectivity index (χ2v) is 10.8. The van der Waals surface area contributed by atoms with Crippen molar-refractivity contribution in [3.63, 3.8) is 0 Å². The van der Waals surface area contributed by atoms with Gasteiger partial charge in [-0.15, -0.1) is 0 Å². The molecular formula is C41H34N2O2. The summed E-state index contributed by atoms with van der Waals surface area (Å²) in [7, 11) is 0. The van der Waals surface area contributed by atoms with Gasteiger partial charge in [0.25, 0.3) is 0 Å². The second-order valence-electron chi connectivity index (χ2n) is 10.8. The molecule has 6 aromatic carbocycles. The molecule has 0 radical (unpaired) electrons. The maximum atomic E-state index is 11.2. The van der Waals surface area contributed by atoms with Crippen molar-refractivity contribution in [1.29, 1.82) is 0 Å². The van der Waals surface area contributed by atoms with Gasteiger partial charge in [-0.1, -0.05) is 121 Å². The Hall–Kier alpha value is -5.74. The first kappa shape index (κ1) is 29.3. The van der Waals surface area contributed by atoms with E-state index in [1.807, 2.05) is 121 Å². The van der Waals surface area contributed by atoms with Crippen LogP contribution >= 0.6 is 0 Å². The maximum Gasteiger partial charge on any atom is 0.132 e. The highest BCUT2D eigenvalue weighted by molar-refractivity contribution is 5.93. The number of aromatic hydroxyl groups is 2. The summed E-state index contributed by atoms with van der Waals surface area (Å²) in [6.45, 7) is 1.11. The van der Waals surface area contributed by atoms with E-state index in [2.05, 4.69) is 34.3 Å². The molecule has 0 heterocycles. The molecule has 0 aliphatic rings. The zero-order valence-electron chi connectivity index (χ0n) is 24.9. The number of hydrogen-bond donors (Lipinski definition) is 2. The molecule has 2 N–H and O–H groups in total. The first-order chi connectivity index (χ1) is 22.2. The maximum absolute atomic E-state index is 11.2. The SMILES string of the molecule is Oc1c(C=NCCCN=Cc2cc(-c3ccccc3)cc(-c3ccccc3)c2O)cc(-c2ccccc2)cc1-c1ccccc1. The number of nitrogens with zero attached hydrogens (tertiary/aromatic N) is 2. The highest BCUT2D eigenvalue weighted by Gasteiger charge is 2.13. The smallest absolute Gasteiger partial charge is 0.132 e. The van der Waals surface area contributed by atoms with Gasteiger partial charge in [0.05, 0.1) is 0 Å². The van der Waals surface area contributed by atoms with Crippen LogP contribution in [0.2, 0.25) is 0 Å². The molecular weight excluding hydrogens is 552 g/mol. The topological polar surface area (TPSA) is 65.2 Å². The molecule has 0 bridgehead atoms. The molecule has 6 aromatic rings. The fourth-order valence-corrected chi connectivity index (χ4v) is 5.36. The van der Waals surface area contributed by atoms with Crippen LogP contribution < -0.4 is 0 Å². The lowest BCUT2D eigenvalue weighted by atomic mass is 9.95. The van der Waals surface area contributed by atoms with Crippen LogP contribution in [0.4, 0.5) is 0 Å². The zero-order valence-corrected chi connectivity index (χ0v) is 24.9. The lowest BCUT2D eigenvalue weighted by molar-refractivity contribution is 0.476. The standard InChI is InChI=1S/C41H34N2O2/c44-40-36(24-34(30-14-5-1-6-15-30)26-38(40)32-18-9-3-10-19-32)28-42-22-13-23-43-29-37-25-35(31-16-7-2-8-17-31)27-39(41(37)45)33-20-11-4-12-21-33/h1-12,14-21,24-29,44-45H,13,22-23H2. The largest absolute Gasteiger partial charge is 0.507 e. The number of rotatable bonds is 10. The van der Waals surface area contributed by atoms with E-state index < -0.39 is 0 Å². The Bertz CT molecular complexity index is 1780. The molecule has 4 nitrogen and oxygen atoms in total. The fourth-order valence-electron chi connectivity index (χ4n) is 5.36. The Balaban J connectivity index is 1.18. The first-order valence-electron chi connectivity index (χ1n) is 15.1. The van der Waals surface area contributed by atoms with Gasteiger partial charge in [-0.25, -0.2) is 0 Å². The quantitative estimate of drug-likeness (QED) is 0.124. The van der Waals surface area contributed by atoms with Crippen molar-refractivity contribution in [3.8, 4) is 56.0 Å². The minimum Gasteiger partial charge on any atom is -0.507 e. The first-order valence-corrected chi connectivity index (χ1v) is 15.1. The van der Waals surface area contributed by atoms with Crippen molar-refractivity contribution >= 4 is 12.4 Å². The Labute approximate surface area is 264 Å². The highest BCUT2D eigenvalue weighted by Crippen LogP contribution is 2.37. The average Bonchev–Trinajstić information content (AvgIpc) is 3.10. The third kappa shape index (κ3) is 7.09. The third-order valence-corrected chi connectivity index (χ3v) is 7.70. The summed E-state index contributed by atoms with van der Waals surface area (Å²) in [6, 6.07) is 48.1. The van der Waals surface area contributed by atoms with Crippen LogP contribution in [0.15, 0.2) is 156 Å². The number of phenols is 2. The van der Waals surface area contributed by atoms with Crippen LogP contribution in [0.5, 0.6) is 11.5 Å². The highest BCUT2D eigenvalue weighted by atomic mass is 16.3. The molecule has 6 rings (SSSR count). The summed E-state index contributed by atoms with van der Waals surface area (Å²) in [6.07, 6.45) is 4.22. The molecule has 0 saturated heterocycles. The van der Waals surface area contributed by atoms with Gasteiger partial charge in [0.15, 0.2) is 0 Å². The van der Waals surface area contributed by atoms with Gasteiger partial charge in [0, 0.05) is 47.8 Å². The predicted molar refractivity (Wildman–Crippen MR) is 187 cm³/mol. The number of hydrogen-bond acceptors (Lipinski definition) is 4. The monoisotopic (exact) mass is 586 g/mol. The van der Waals surface area contributed by atoms with E-state index in [4.69, 9.17) is 0 Å². The van der Waals surface area contributed by atoms with Crippen molar-refractivity contribution in [2.75, 3.05) is 13.1 Å². The number of phenolic OH excluding ortho intramolecular Hbond substituents is 2. The van der Waals surface area contributed by atoms with Crippen LogP contribution in [0.25, 0.3) is 44.5 Å². The lowest BCUT2D eigenvalue weighted by Crippen LogP contribution is -1.93. The fraction of sp³-hybridized carbons (Fsp3) is 0.0732. The van der Waals surface area contributed by atoms with E-state index in [0.717, 1.165) is 50.9 Å². The molecule has 0 spiro atoms. The molecule has 0 aromatic heterocycles. The van der Waals surface area contributed by atoms with Crippen LogP contribution in [0, 0.1) is 0 Å². The molecule has 0 saturated carbocycles. The van der Waals surface area contributed by atoms with Crippen molar-refractivity contribution in [3.05, 3.63) is 157 Å². The minimum absolute atomic E-state index is 0.214. The molecule has 0 unspecified atom stereocenters. The summed E-state index contributed by atoms with van der Waals surface area (Å²) in [4.78, 5) is 9.27. The third-order valence-electron chi connectivity index (χ3n) is 7.70. The van der Waals surface area contributed by atoms with Crippen molar-refractivity contribution < 1.29 is 10.2 Å². The Kier molecular flexibility index (Phi) is 9.23. The average molecular weight is 587 g/mol. The zero-order chi connectivity index (χ0) is 30.8. The molecule has 220 valence electrons. The van der Waals surface area contributed by atoms with E-state index in [1.165, 1.54) is 0 Å². The summed E-state index contributed by atoms with van der Waals surface area (Å²) in [5.41, 5.74) is 8.99. The van der Waals surface area contributed by atoms with E-state index in [9.17, 15) is 10.2 Å². The summed E-state index contributed by atoms with van der Waals surface area (Å²) in [5, 5.41) is 22.4. The van der Waals surface area contributed by atoms with Crippen molar-refractivity contribution in [2.24, 2.45) is 9.98 Å². The summed E-state index contributed by atoms with van der Waals surface area (Å²) >= 11 is 0. The normalized spacial score (nSPS) is 11.4. The molecule has 45 heavy (non-hydrogen) atoms. The van der Waals surface area contributed by atoms with Gasteiger partial charge in [0.1, 0.15) is 11.5 Å². The van der Waals surface area contributed by atoms with E-state index in [1.54, 1.807) is 12.4 Å². The van der Waals surface area contributed by atoms with Crippen LogP contribution in [0.3, 0.4) is 0 Å². The summed E-state index contributed by atoms with van der Waals surface area (Å²) < 4.78 is 0. The lowest BCUT2D eigenvalue weighted by Gasteiger charge is -2.12. The number of benzene rings is 6. The van der Waals surface area contributed by atoms with Gasteiger partial charge in [-0.3, -0.25) is 9.98 Å². The Morgan fingerprint density at radius 3 is 1.09 bits per heavy atom. The Morgan fingerprint density at radius 2 is 0.733 bits per heavy atom. The molecule has 0 atom stereocenters. The van der Waals surface area contributed by atoms with Crippen LogP contribution in [-0.2, 0) is 0 Å². The van der Waals surface area contributed by atoms with Gasteiger partial charge >= 0.3 is 0 Å². The minimum atomic E-state index is 0.214. The second kappa shape index (κ2) is 14.2. The summed E-state index contributed by atoms with van der Waals surface area (Å²) in [5.74, 6) is 0.427. The van der Waals surface area contributed by atoms with Crippen molar-refractivity contribution in [2.45, 2.75) is 6.42 Å². The van der Waals surface area contributed by atoms with Crippen molar-refractivity contribution in [1.82, 2.24) is 0 Å². The van der Waals surface area contributed by atoms with Gasteiger partial charge in [-0.05, 0) is 64.1 Å². The molecule has 0 amide bonds. The van der Waals surface area contributed by atoms with Crippen LogP contribution in [-0.4, -0.2) is 35.7 Å². The van der Waals surface area contributed by atoms with Crippen LogP contribution in [0.1, 0.15) is 17.5 Å². The molecule has 4 heteroatoms. The van der Waals surface area contributed by atoms with E-state index in [0.29, 0.717) is 24.2 Å². The van der Waals surface area contributed by atoms with E-state index >= 15 is 0 Å².